The van der Waals surface area contributed by atoms with Gasteiger partial charge in [-0.05, 0) is 25.1 Å². The van der Waals surface area contributed by atoms with Crippen molar-refractivity contribution >= 4 is 23.2 Å². The Labute approximate surface area is 123 Å². The molecule has 0 bridgehead atoms. The van der Waals surface area contributed by atoms with Gasteiger partial charge in [0.15, 0.2) is 0 Å². The second-order valence-electron chi connectivity index (χ2n) is 4.85. The van der Waals surface area contributed by atoms with Crippen LogP contribution in [0.5, 0.6) is 0 Å². The number of aryl methyl sites for hydroxylation is 1. The lowest BCUT2D eigenvalue weighted by molar-refractivity contribution is 0.102. The summed E-state index contributed by atoms with van der Waals surface area (Å²) < 4.78 is 0. The van der Waals surface area contributed by atoms with E-state index in [1.54, 1.807) is 37.4 Å². The number of rotatable bonds is 3. The second-order valence-corrected chi connectivity index (χ2v) is 5.28. The van der Waals surface area contributed by atoms with Crippen LogP contribution in [0.1, 0.15) is 41.6 Å². The molecule has 0 saturated heterocycles. The zero-order valence-corrected chi connectivity index (χ0v) is 12.4. The molecule has 5 heteroatoms. The SMILES string of the molecule is Cc1nc(C(C)C)ncc1C(=O)Nc1cccc(Cl)c1. The summed E-state index contributed by atoms with van der Waals surface area (Å²) in [5.41, 5.74) is 1.78. The summed E-state index contributed by atoms with van der Waals surface area (Å²) in [6.45, 7) is 5.83. The number of carbonyl (C=O) groups excluding carboxylic acids is 1. The summed E-state index contributed by atoms with van der Waals surface area (Å²) >= 11 is 5.89. The number of anilines is 1. The third kappa shape index (κ3) is 3.33. The van der Waals surface area contributed by atoms with Gasteiger partial charge in [-0.25, -0.2) is 9.97 Å². The normalized spacial score (nSPS) is 10.7. The van der Waals surface area contributed by atoms with Crippen molar-refractivity contribution in [2.75, 3.05) is 5.32 Å². The van der Waals surface area contributed by atoms with E-state index < -0.39 is 0 Å². The fraction of sp³-hybridized carbons (Fsp3) is 0.267. The molecule has 0 atom stereocenters. The summed E-state index contributed by atoms with van der Waals surface area (Å²) in [7, 11) is 0. The van der Waals surface area contributed by atoms with E-state index in [1.165, 1.54) is 0 Å². The minimum absolute atomic E-state index is 0.235. The third-order valence-electron chi connectivity index (χ3n) is 2.84. The number of carbonyl (C=O) groups is 1. The molecule has 0 aliphatic heterocycles. The molecule has 0 unspecified atom stereocenters. The molecule has 1 amide bonds. The maximum atomic E-state index is 12.2. The Balaban J connectivity index is 2.21. The first kappa shape index (κ1) is 14.5. The zero-order valence-electron chi connectivity index (χ0n) is 11.6. The molecular weight excluding hydrogens is 274 g/mol. The average Bonchev–Trinajstić information content (AvgIpc) is 2.38. The van der Waals surface area contributed by atoms with Gasteiger partial charge < -0.3 is 5.32 Å². The Bertz CT molecular complexity index is 641. The van der Waals surface area contributed by atoms with Crippen molar-refractivity contribution in [3.8, 4) is 0 Å². The molecule has 0 aliphatic carbocycles. The van der Waals surface area contributed by atoms with Crippen molar-refractivity contribution in [1.29, 1.82) is 0 Å². The summed E-state index contributed by atoms with van der Waals surface area (Å²) in [6.07, 6.45) is 1.57. The maximum absolute atomic E-state index is 12.2. The number of hydrogen-bond acceptors (Lipinski definition) is 3. The minimum atomic E-state index is -0.236. The van der Waals surface area contributed by atoms with Gasteiger partial charge in [0.2, 0.25) is 0 Å². The van der Waals surface area contributed by atoms with E-state index >= 15 is 0 Å². The lowest BCUT2D eigenvalue weighted by Gasteiger charge is -2.09. The van der Waals surface area contributed by atoms with E-state index in [-0.39, 0.29) is 11.8 Å². The maximum Gasteiger partial charge on any atom is 0.259 e. The summed E-state index contributed by atoms with van der Waals surface area (Å²) in [5.74, 6) is 0.737. The van der Waals surface area contributed by atoms with E-state index in [2.05, 4.69) is 15.3 Å². The quantitative estimate of drug-likeness (QED) is 0.934. The lowest BCUT2D eigenvalue weighted by Crippen LogP contribution is -2.15. The van der Waals surface area contributed by atoms with Crippen molar-refractivity contribution in [2.45, 2.75) is 26.7 Å². The first-order valence-corrected chi connectivity index (χ1v) is 6.75. The Kier molecular flexibility index (Phi) is 4.35. The highest BCUT2D eigenvalue weighted by atomic mass is 35.5. The van der Waals surface area contributed by atoms with Crippen molar-refractivity contribution in [2.24, 2.45) is 0 Å². The molecule has 0 aliphatic rings. The molecule has 1 aromatic carbocycles. The predicted molar refractivity (Wildman–Crippen MR) is 80.3 cm³/mol. The fourth-order valence-corrected chi connectivity index (χ4v) is 1.94. The molecule has 0 saturated carbocycles. The molecule has 2 rings (SSSR count). The molecule has 1 aromatic heterocycles. The van der Waals surface area contributed by atoms with Crippen LogP contribution >= 0.6 is 11.6 Å². The van der Waals surface area contributed by atoms with Gasteiger partial charge in [0.1, 0.15) is 5.82 Å². The standard InChI is InChI=1S/C15H16ClN3O/c1-9(2)14-17-8-13(10(3)18-14)15(20)19-12-6-4-5-11(16)7-12/h4-9H,1-3H3,(H,19,20). The summed E-state index contributed by atoms with van der Waals surface area (Å²) in [4.78, 5) is 20.8. The van der Waals surface area contributed by atoms with Crippen molar-refractivity contribution < 1.29 is 4.79 Å². The predicted octanol–water partition coefficient (Wildman–Crippen LogP) is 3.81. The van der Waals surface area contributed by atoms with Crippen LogP contribution in [0, 0.1) is 6.92 Å². The summed E-state index contributed by atoms with van der Waals surface area (Å²) in [6, 6.07) is 7.01. The van der Waals surface area contributed by atoms with Crippen LogP contribution in [0.15, 0.2) is 30.5 Å². The molecule has 1 N–H and O–H groups in total. The van der Waals surface area contributed by atoms with E-state index in [4.69, 9.17) is 11.6 Å². The molecule has 2 aromatic rings. The van der Waals surface area contributed by atoms with Crippen molar-refractivity contribution in [3.63, 3.8) is 0 Å². The highest BCUT2D eigenvalue weighted by Gasteiger charge is 2.13. The Morgan fingerprint density at radius 1 is 1.35 bits per heavy atom. The molecule has 4 nitrogen and oxygen atoms in total. The first-order valence-electron chi connectivity index (χ1n) is 6.38. The molecule has 0 fully saturated rings. The number of aromatic nitrogens is 2. The van der Waals surface area contributed by atoms with Gasteiger partial charge in [-0.1, -0.05) is 31.5 Å². The highest BCUT2D eigenvalue weighted by molar-refractivity contribution is 6.30. The van der Waals surface area contributed by atoms with E-state index in [0.717, 1.165) is 5.82 Å². The number of amides is 1. The minimum Gasteiger partial charge on any atom is -0.322 e. The molecule has 20 heavy (non-hydrogen) atoms. The molecule has 0 spiro atoms. The number of halogens is 1. The van der Waals surface area contributed by atoms with Crippen molar-refractivity contribution in [3.05, 3.63) is 52.6 Å². The average molecular weight is 290 g/mol. The van der Waals surface area contributed by atoms with E-state index in [9.17, 15) is 4.79 Å². The van der Waals surface area contributed by atoms with Gasteiger partial charge in [0, 0.05) is 22.8 Å². The highest BCUT2D eigenvalue weighted by Crippen LogP contribution is 2.17. The van der Waals surface area contributed by atoms with E-state index in [0.29, 0.717) is 22.0 Å². The van der Waals surface area contributed by atoms with Crippen molar-refractivity contribution in [1.82, 2.24) is 9.97 Å². The van der Waals surface area contributed by atoms with Crippen LogP contribution < -0.4 is 5.32 Å². The Morgan fingerprint density at radius 2 is 2.10 bits per heavy atom. The fourth-order valence-electron chi connectivity index (χ4n) is 1.75. The Hall–Kier alpha value is -1.94. The number of nitrogens with zero attached hydrogens (tertiary/aromatic N) is 2. The Morgan fingerprint density at radius 3 is 2.70 bits per heavy atom. The monoisotopic (exact) mass is 289 g/mol. The number of nitrogens with one attached hydrogen (secondary N) is 1. The second kappa shape index (κ2) is 6.01. The topological polar surface area (TPSA) is 54.9 Å². The van der Waals surface area contributed by atoms with Crippen LogP contribution in [-0.4, -0.2) is 15.9 Å². The van der Waals surface area contributed by atoms with Gasteiger partial charge in [-0.15, -0.1) is 0 Å². The third-order valence-corrected chi connectivity index (χ3v) is 3.08. The van der Waals surface area contributed by atoms with Gasteiger partial charge in [0.05, 0.1) is 11.3 Å². The van der Waals surface area contributed by atoms with Crippen LogP contribution in [0.3, 0.4) is 0 Å². The first-order chi connectivity index (χ1) is 9.47. The zero-order chi connectivity index (χ0) is 14.7. The van der Waals surface area contributed by atoms with Gasteiger partial charge in [-0.2, -0.15) is 0 Å². The number of hydrogen-bond donors (Lipinski definition) is 1. The smallest absolute Gasteiger partial charge is 0.259 e. The lowest BCUT2D eigenvalue weighted by atomic mass is 10.1. The van der Waals surface area contributed by atoms with Crippen LogP contribution in [-0.2, 0) is 0 Å². The number of benzene rings is 1. The van der Waals surface area contributed by atoms with Crippen LogP contribution in [0.4, 0.5) is 5.69 Å². The molecule has 1 heterocycles. The largest absolute Gasteiger partial charge is 0.322 e. The van der Waals surface area contributed by atoms with Gasteiger partial charge in [-0.3, -0.25) is 4.79 Å². The van der Waals surface area contributed by atoms with E-state index in [1.807, 2.05) is 13.8 Å². The van der Waals surface area contributed by atoms with Crippen LogP contribution in [0.2, 0.25) is 5.02 Å². The van der Waals surface area contributed by atoms with Gasteiger partial charge in [0.25, 0.3) is 5.91 Å². The van der Waals surface area contributed by atoms with Gasteiger partial charge >= 0.3 is 0 Å². The molecule has 0 radical (unpaired) electrons. The van der Waals surface area contributed by atoms with Crippen LogP contribution in [0.25, 0.3) is 0 Å². The molecule has 104 valence electrons. The molecular formula is C15H16ClN3O. The summed E-state index contributed by atoms with van der Waals surface area (Å²) in [5, 5.41) is 3.36.